The molecular weight excluding hydrogens is 802 g/mol. The fraction of sp³-hybridized carbons (Fsp3) is 1.00. The highest BCUT2D eigenvalue weighted by atomic mass is 16.8. The maximum atomic E-state index is 11.7. The molecule has 3 fully saturated rings. The van der Waals surface area contributed by atoms with Crippen molar-refractivity contribution in [3.05, 3.63) is 0 Å². The summed E-state index contributed by atoms with van der Waals surface area (Å²) in [5.41, 5.74) is -2.14. The van der Waals surface area contributed by atoms with Gasteiger partial charge in [-0.05, 0) is 75.3 Å². The molecule has 14 unspecified atom stereocenters. The predicted molar refractivity (Wildman–Crippen MR) is 208 cm³/mol. The molecule has 0 radical (unpaired) electrons. The van der Waals surface area contributed by atoms with Crippen molar-refractivity contribution in [2.45, 2.75) is 177 Å². The molecule has 11 N–H and O–H groups in total. The van der Waals surface area contributed by atoms with Crippen molar-refractivity contribution in [1.82, 2.24) is 5.32 Å². The Morgan fingerprint density at radius 2 is 1.05 bits per heavy atom. The molecule has 3 heterocycles. The Bertz CT molecular complexity index is 1280. The molecule has 0 aromatic heterocycles. The van der Waals surface area contributed by atoms with Crippen LogP contribution in [-0.2, 0) is 47.4 Å². The monoisotopic (exact) mass is 877 g/mol. The Hall–Kier alpha value is -0.840. The maximum Gasteiger partial charge on any atom is 0.222 e. The molecule has 3 aliphatic rings. The third-order valence-electron chi connectivity index (χ3n) is 9.98. The average Bonchev–Trinajstić information content (AvgIpc) is 3.67. The summed E-state index contributed by atoms with van der Waals surface area (Å²) in [7, 11) is 0. The second-order valence-corrected chi connectivity index (χ2v) is 18.7. The molecule has 21 heteroatoms. The van der Waals surface area contributed by atoms with Crippen molar-refractivity contribution in [2.75, 3.05) is 72.6 Å². The summed E-state index contributed by atoms with van der Waals surface area (Å²) in [6.07, 6.45) is -15.1. The van der Waals surface area contributed by atoms with Gasteiger partial charge in [0.2, 0.25) is 23.1 Å². The number of nitrogens with one attached hydrogen (secondary N) is 1. The van der Waals surface area contributed by atoms with Gasteiger partial charge in [-0.15, -0.1) is 0 Å². The maximum absolute atomic E-state index is 11.7. The Kier molecular flexibility index (Phi) is 19.1. The third-order valence-corrected chi connectivity index (χ3v) is 9.98. The van der Waals surface area contributed by atoms with Gasteiger partial charge in [-0.2, -0.15) is 0 Å². The summed E-state index contributed by atoms with van der Waals surface area (Å²) in [5, 5.41) is 112. The van der Waals surface area contributed by atoms with Gasteiger partial charge >= 0.3 is 0 Å². The Balaban J connectivity index is 1.94. The van der Waals surface area contributed by atoms with E-state index in [1.807, 2.05) is 6.92 Å². The molecule has 0 spiro atoms. The summed E-state index contributed by atoms with van der Waals surface area (Å²) in [5.74, 6) is -8.72. The first-order valence-corrected chi connectivity index (χ1v) is 20.5. The van der Waals surface area contributed by atoms with E-state index in [4.69, 9.17) is 47.4 Å². The van der Waals surface area contributed by atoms with Crippen LogP contribution in [0.1, 0.15) is 75.7 Å². The van der Waals surface area contributed by atoms with Crippen molar-refractivity contribution in [3.8, 4) is 0 Å². The van der Waals surface area contributed by atoms with Crippen LogP contribution in [-0.4, -0.2) is 225 Å². The lowest BCUT2D eigenvalue weighted by Gasteiger charge is -2.41. The van der Waals surface area contributed by atoms with Crippen molar-refractivity contribution in [3.63, 3.8) is 0 Å². The second kappa shape index (κ2) is 21.4. The third kappa shape index (κ3) is 13.6. The highest BCUT2D eigenvalue weighted by Gasteiger charge is 2.62. The van der Waals surface area contributed by atoms with Gasteiger partial charge in [0.05, 0.1) is 63.0 Å². The lowest BCUT2D eigenvalue weighted by molar-refractivity contribution is -0.356. The van der Waals surface area contributed by atoms with Crippen LogP contribution >= 0.6 is 0 Å². The number of ether oxygens (including phenoxy) is 10. The van der Waals surface area contributed by atoms with Crippen LogP contribution in [0.15, 0.2) is 0 Å². The van der Waals surface area contributed by atoms with Gasteiger partial charge in [-0.25, -0.2) is 0 Å². The van der Waals surface area contributed by atoms with Gasteiger partial charge < -0.3 is 104 Å². The molecule has 0 aromatic carbocycles. The van der Waals surface area contributed by atoms with E-state index in [0.29, 0.717) is 6.54 Å². The average molecular weight is 878 g/mol. The number of rotatable bonds is 24. The molecular formula is C39H75NO20. The molecule has 0 amide bonds. The Labute approximate surface area is 352 Å². The number of hydrogen-bond donors (Lipinski definition) is 11. The molecule has 60 heavy (non-hydrogen) atoms. The van der Waals surface area contributed by atoms with Crippen molar-refractivity contribution in [1.29, 1.82) is 0 Å². The molecule has 3 rings (SSSR count). The zero-order valence-corrected chi connectivity index (χ0v) is 36.8. The number of aliphatic hydroxyl groups excluding tert-OH is 10. The largest absolute Gasteiger partial charge is 0.394 e. The number of aliphatic hydroxyl groups is 10. The van der Waals surface area contributed by atoms with Gasteiger partial charge in [0.1, 0.15) is 80.9 Å². The molecule has 21 nitrogen and oxygen atoms in total. The van der Waals surface area contributed by atoms with Gasteiger partial charge in [-0.3, -0.25) is 0 Å². The van der Waals surface area contributed by atoms with Crippen molar-refractivity contribution >= 4 is 0 Å². The molecule has 0 aliphatic carbocycles. The first-order chi connectivity index (χ1) is 27.7. The van der Waals surface area contributed by atoms with E-state index in [1.165, 1.54) is 0 Å². The Morgan fingerprint density at radius 1 is 0.600 bits per heavy atom. The first-order valence-electron chi connectivity index (χ1n) is 20.5. The Morgan fingerprint density at radius 3 is 1.47 bits per heavy atom. The van der Waals surface area contributed by atoms with Crippen LogP contribution in [0.4, 0.5) is 0 Å². The molecule has 0 aromatic rings. The summed E-state index contributed by atoms with van der Waals surface area (Å²) < 4.78 is 59.4. The van der Waals surface area contributed by atoms with E-state index in [1.54, 1.807) is 62.3 Å². The highest BCUT2D eigenvalue weighted by Crippen LogP contribution is 2.40. The van der Waals surface area contributed by atoms with Crippen LogP contribution in [0.3, 0.4) is 0 Å². The van der Waals surface area contributed by atoms with E-state index in [2.05, 4.69) is 5.32 Å². The molecule has 356 valence electrons. The van der Waals surface area contributed by atoms with Crippen molar-refractivity contribution in [2.24, 2.45) is 0 Å². The van der Waals surface area contributed by atoms with E-state index < -0.39 is 147 Å². The minimum Gasteiger partial charge on any atom is -0.394 e. The topological polar surface area (TPSA) is 307 Å². The SMILES string of the molecule is CCCNCC(CO)(OC(CO)COC1(COC2(CO)OC(COC(C)(C)C)C(O)C2O)OC(COC2(CO)OC(COC(C)(C)C)C(O)C2O)C(O)C1O)OC(C)(C)C. The molecule has 0 bridgehead atoms. The standard InChI is InChI=1S/C39H75NO20/c1-11-12-40-18-36(19-42,60-35(8,9)10)56-23(13-41)14-53-39(22-55-38(21-44)31(49)28(46)25(58-38)16-52-34(5,6)7)32(50)29(47)26(59-39)17-54-37(20-43)30(48)27(45)24(57-37)15-51-33(2,3)4/h23-32,40-50H,11-22H2,1-10H3. The lowest BCUT2D eigenvalue weighted by atomic mass is 10.0. The summed E-state index contributed by atoms with van der Waals surface area (Å²) in [6.45, 7) is 12.3. The normalized spacial score (nSPS) is 36.9. The molecule has 14 atom stereocenters. The van der Waals surface area contributed by atoms with E-state index in [-0.39, 0.29) is 19.8 Å². The fourth-order valence-electron chi connectivity index (χ4n) is 6.86. The highest BCUT2D eigenvalue weighted by molar-refractivity contribution is 5.02. The summed E-state index contributed by atoms with van der Waals surface area (Å²) >= 11 is 0. The zero-order chi connectivity index (χ0) is 45.5. The van der Waals surface area contributed by atoms with Crippen LogP contribution in [0.5, 0.6) is 0 Å². The van der Waals surface area contributed by atoms with E-state index >= 15 is 0 Å². The predicted octanol–water partition coefficient (Wildman–Crippen LogP) is -3.02. The van der Waals surface area contributed by atoms with Crippen LogP contribution in [0.2, 0.25) is 0 Å². The van der Waals surface area contributed by atoms with E-state index in [9.17, 15) is 51.1 Å². The summed E-state index contributed by atoms with van der Waals surface area (Å²) in [6, 6.07) is 0. The minimum absolute atomic E-state index is 0.00824. The molecule has 3 aliphatic heterocycles. The van der Waals surface area contributed by atoms with Crippen LogP contribution in [0.25, 0.3) is 0 Å². The second-order valence-electron chi connectivity index (χ2n) is 18.7. The van der Waals surface area contributed by atoms with Gasteiger partial charge in [-0.1, -0.05) is 6.92 Å². The van der Waals surface area contributed by atoms with Gasteiger partial charge in [0.25, 0.3) is 0 Å². The van der Waals surface area contributed by atoms with Crippen LogP contribution in [0, 0.1) is 0 Å². The quantitative estimate of drug-likeness (QED) is 0.0340. The minimum atomic E-state index is -2.45. The number of hydrogen-bond acceptors (Lipinski definition) is 21. The zero-order valence-electron chi connectivity index (χ0n) is 36.8. The van der Waals surface area contributed by atoms with Gasteiger partial charge in [0, 0.05) is 0 Å². The van der Waals surface area contributed by atoms with Gasteiger partial charge in [0.15, 0.2) is 0 Å². The van der Waals surface area contributed by atoms with Crippen molar-refractivity contribution < 1.29 is 98.4 Å². The lowest BCUT2D eigenvalue weighted by Crippen LogP contribution is -2.57. The van der Waals surface area contributed by atoms with E-state index in [0.717, 1.165) is 6.42 Å². The fourth-order valence-corrected chi connectivity index (χ4v) is 6.86. The first kappa shape index (κ1) is 53.5. The molecule has 0 saturated carbocycles. The smallest absolute Gasteiger partial charge is 0.222 e. The van der Waals surface area contributed by atoms with Crippen LogP contribution < -0.4 is 5.32 Å². The molecule has 3 saturated heterocycles. The summed E-state index contributed by atoms with van der Waals surface area (Å²) in [4.78, 5) is 0.